The van der Waals surface area contributed by atoms with Gasteiger partial charge in [0.25, 0.3) is 5.91 Å². The molecule has 10 heteroatoms. The molecule has 0 bridgehead atoms. The lowest BCUT2D eigenvalue weighted by atomic mass is 10.2. The number of nitrogens with zero attached hydrogens (tertiary/aromatic N) is 2. The third-order valence-electron chi connectivity index (χ3n) is 3.57. The molecule has 1 heterocycles. The largest absolute Gasteiger partial charge is 0.416 e. The molecule has 0 spiro atoms. The Morgan fingerprint density at radius 2 is 1.46 bits per heavy atom. The van der Waals surface area contributed by atoms with E-state index < -0.39 is 29.3 Å². The van der Waals surface area contributed by atoms with Crippen molar-refractivity contribution in [2.45, 2.75) is 6.18 Å². The van der Waals surface area contributed by atoms with Gasteiger partial charge in [-0.25, -0.2) is 8.78 Å². The molecule has 2 aromatic carbocycles. The van der Waals surface area contributed by atoms with Gasteiger partial charge in [-0.2, -0.15) is 13.2 Å². The van der Waals surface area contributed by atoms with Gasteiger partial charge in [-0.15, -0.1) is 10.2 Å². The molecule has 0 atom stereocenters. The van der Waals surface area contributed by atoms with Gasteiger partial charge in [0.2, 0.25) is 0 Å². The summed E-state index contributed by atoms with van der Waals surface area (Å²) in [6.45, 7) is 0. The highest BCUT2D eigenvalue weighted by Crippen LogP contribution is 2.30. The van der Waals surface area contributed by atoms with Gasteiger partial charge in [-0.1, -0.05) is 0 Å². The van der Waals surface area contributed by atoms with Gasteiger partial charge in [0.15, 0.2) is 23.3 Å². The van der Waals surface area contributed by atoms with Crippen LogP contribution in [0.2, 0.25) is 0 Å². The minimum atomic E-state index is -4.42. The Labute approximate surface area is 155 Å². The SMILES string of the molecule is O=C(Nc1ccc(Nc2ccc(C(F)(F)F)cc2)nn1)c1ccc(F)c(F)c1. The number of hydrogen-bond donors (Lipinski definition) is 2. The summed E-state index contributed by atoms with van der Waals surface area (Å²) < 4.78 is 63.7. The molecule has 28 heavy (non-hydrogen) atoms. The maximum Gasteiger partial charge on any atom is 0.416 e. The number of alkyl halides is 3. The molecule has 0 radical (unpaired) electrons. The first kappa shape index (κ1) is 19.2. The van der Waals surface area contributed by atoms with E-state index in [1.165, 1.54) is 24.3 Å². The second-order valence-corrected chi connectivity index (χ2v) is 5.59. The van der Waals surface area contributed by atoms with Crippen LogP contribution in [0.25, 0.3) is 0 Å². The molecule has 2 N–H and O–H groups in total. The van der Waals surface area contributed by atoms with Crippen LogP contribution in [0.4, 0.5) is 39.3 Å². The predicted octanol–water partition coefficient (Wildman–Crippen LogP) is 4.77. The van der Waals surface area contributed by atoms with Gasteiger partial charge in [0.05, 0.1) is 5.56 Å². The van der Waals surface area contributed by atoms with E-state index >= 15 is 0 Å². The summed E-state index contributed by atoms with van der Waals surface area (Å²) in [6, 6.07) is 9.83. The summed E-state index contributed by atoms with van der Waals surface area (Å²) in [7, 11) is 0. The molecule has 0 saturated carbocycles. The van der Waals surface area contributed by atoms with Crippen LogP contribution in [0.5, 0.6) is 0 Å². The number of carbonyl (C=O) groups is 1. The monoisotopic (exact) mass is 394 g/mol. The third-order valence-corrected chi connectivity index (χ3v) is 3.57. The van der Waals surface area contributed by atoms with E-state index in [0.717, 1.165) is 30.3 Å². The molecule has 0 fully saturated rings. The maximum absolute atomic E-state index is 13.2. The highest BCUT2D eigenvalue weighted by molar-refractivity contribution is 6.03. The van der Waals surface area contributed by atoms with Gasteiger partial charge >= 0.3 is 6.18 Å². The fourth-order valence-corrected chi connectivity index (χ4v) is 2.18. The van der Waals surface area contributed by atoms with Crippen LogP contribution >= 0.6 is 0 Å². The van der Waals surface area contributed by atoms with Crippen molar-refractivity contribution in [1.82, 2.24) is 10.2 Å². The average Bonchev–Trinajstić information content (AvgIpc) is 2.65. The van der Waals surface area contributed by atoms with Crippen molar-refractivity contribution in [3.8, 4) is 0 Å². The van der Waals surface area contributed by atoms with E-state index in [-0.39, 0.29) is 17.2 Å². The van der Waals surface area contributed by atoms with Gasteiger partial charge in [0, 0.05) is 11.3 Å². The van der Waals surface area contributed by atoms with Crippen LogP contribution in [0.1, 0.15) is 15.9 Å². The Hall–Kier alpha value is -3.56. The molecule has 0 saturated heterocycles. The average molecular weight is 394 g/mol. The van der Waals surface area contributed by atoms with Crippen molar-refractivity contribution < 1.29 is 26.7 Å². The minimum Gasteiger partial charge on any atom is -0.339 e. The van der Waals surface area contributed by atoms with E-state index in [2.05, 4.69) is 20.8 Å². The van der Waals surface area contributed by atoms with Crippen LogP contribution in [0.3, 0.4) is 0 Å². The summed E-state index contributed by atoms with van der Waals surface area (Å²) >= 11 is 0. The van der Waals surface area contributed by atoms with Crippen molar-refractivity contribution in [1.29, 1.82) is 0 Å². The van der Waals surface area contributed by atoms with E-state index in [1.807, 2.05) is 0 Å². The van der Waals surface area contributed by atoms with Gasteiger partial charge in [-0.05, 0) is 54.6 Å². The van der Waals surface area contributed by atoms with Crippen molar-refractivity contribution in [2.24, 2.45) is 0 Å². The number of nitrogens with one attached hydrogen (secondary N) is 2. The lowest BCUT2D eigenvalue weighted by Crippen LogP contribution is -2.14. The summed E-state index contributed by atoms with van der Waals surface area (Å²) in [5, 5.41) is 12.7. The molecular weight excluding hydrogens is 383 g/mol. The van der Waals surface area contributed by atoms with Crippen molar-refractivity contribution in [3.05, 3.63) is 77.4 Å². The normalized spacial score (nSPS) is 11.2. The number of anilines is 3. The number of amides is 1. The Morgan fingerprint density at radius 3 is 2.04 bits per heavy atom. The van der Waals surface area contributed by atoms with Gasteiger partial charge in [0.1, 0.15) is 0 Å². The molecule has 1 amide bonds. The van der Waals surface area contributed by atoms with Crippen molar-refractivity contribution in [3.63, 3.8) is 0 Å². The number of rotatable bonds is 4. The molecule has 144 valence electrons. The molecule has 5 nitrogen and oxygen atoms in total. The third kappa shape index (κ3) is 4.58. The summed E-state index contributed by atoms with van der Waals surface area (Å²) in [4.78, 5) is 12.0. The van der Waals surface area contributed by atoms with Crippen LogP contribution in [0, 0.1) is 11.6 Å². The van der Waals surface area contributed by atoms with Gasteiger partial charge in [-0.3, -0.25) is 4.79 Å². The number of benzene rings is 2. The summed E-state index contributed by atoms with van der Waals surface area (Å²) in [5.74, 6) is -2.67. The van der Waals surface area contributed by atoms with Crippen LogP contribution in [0.15, 0.2) is 54.6 Å². The number of aromatic nitrogens is 2. The Morgan fingerprint density at radius 1 is 0.821 bits per heavy atom. The van der Waals surface area contributed by atoms with E-state index in [0.29, 0.717) is 5.69 Å². The molecule has 1 aromatic heterocycles. The first-order valence-electron chi connectivity index (χ1n) is 7.77. The van der Waals surface area contributed by atoms with E-state index in [4.69, 9.17) is 0 Å². The zero-order valence-corrected chi connectivity index (χ0v) is 13.9. The Kier molecular flexibility index (Phi) is 5.21. The number of hydrogen-bond acceptors (Lipinski definition) is 4. The predicted molar refractivity (Wildman–Crippen MR) is 91.1 cm³/mol. The highest BCUT2D eigenvalue weighted by Gasteiger charge is 2.29. The highest BCUT2D eigenvalue weighted by atomic mass is 19.4. The lowest BCUT2D eigenvalue weighted by Gasteiger charge is -2.09. The Bertz CT molecular complexity index is 988. The molecule has 0 aliphatic heterocycles. The zero-order chi connectivity index (χ0) is 20.3. The van der Waals surface area contributed by atoms with Crippen molar-refractivity contribution >= 4 is 23.2 Å². The van der Waals surface area contributed by atoms with E-state index in [1.54, 1.807) is 0 Å². The second-order valence-electron chi connectivity index (χ2n) is 5.59. The zero-order valence-electron chi connectivity index (χ0n) is 13.9. The number of halogens is 5. The molecule has 0 aliphatic carbocycles. The van der Waals surface area contributed by atoms with Crippen LogP contribution < -0.4 is 10.6 Å². The number of carbonyl (C=O) groups excluding carboxylic acids is 1. The van der Waals surface area contributed by atoms with Crippen LogP contribution in [-0.2, 0) is 6.18 Å². The summed E-state index contributed by atoms with van der Waals surface area (Å²) in [6.07, 6.45) is -4.42. The van der Waals surface area contributed by atoms with Crippen LogP contribution in [-0.4, -0.2) is 16.1 Å². The quantitative estimate of drug-likeness (QED) is 0.626. The Balaban J connectivity index is 1.64. The lowest BCUT2D eigenvalue weighted by molar-refractivity contribution is -0.137. The first-order valence-corrected chi connectivity index (χ1v) is 7.77. The molecule has 3 aromatic rings. The molecular formula is C18H11F5N4O. The minimum absolute atomic E-state index is 0.0488. The van der Waals surface area contributed by atoms with Crippen molar-refractivity contribution in [2.75, 3.05) is 10.6 Å². The topological polar surface area (TPSA) is 66.9 Å². The fourth-order valence-electron chi connectivity index (χ4n) is 2.18. The smallest absolute Gasteiger partial charge is 0.339 e. The first-order chi connectivity index (χ1) is 13.2. The molecule has 3 rings (SSSR count). The van der Waals surface area contributed by atoms with E-state index in [9.17, 15) is 26.7 Å². The summed E-state index contributed by atoms with van der Waals surface area (Å²) in [5.41, 5.74) is -0.520. The molecule has 0 aliphatic rings. The second kappa shape index (κ2) is 7.59. The standard InChI is InChI=1S/C18H11F5N4O/c19-13-6-1-10(9-14(13)20)17(28)25-16-8-7-15(26-27-16)24-12-4-2-11(3-5-12)18(21,22)23/h1-9H,(H,24,26)(H,25,27,28). The fraction of sp³-hybridized carbons (Fsp3) is 0.0556. The maximum atomic E-state index is 13.2. The van der Waals surface area contributed by atoms with Gasteiger partial charge < -0.3 is 10.6 Å². The molecule has 0 unspecified atom stereocenters.